The highest BCUT2D eigenvalue weighted by Gasteiger charge is 2.26. The van der Waals surface area contributed by atoms with Crippen molar-refractivity contribution in [1.29, 1.82) is 0 Å². The molecule has 1 aliphatic heterocycles. The van der Waals surface area contributed by atoms with E-state index < -0.39 is 0 Å². The Kier molecular flexibility index (Phi) is 2.09. The van der Waals surface area contributed by atoms with E-state index in [9.17, 15) is 5.11 Å². The number of aliphatic hydroxyl groups is 1. The predicted molar refractivity (Wildman–Crippen MR) is 37.3 cm³/mol. The second kappa shape index (κ2) is 2.67. The van der Waals surface area contributed by atoms with Gasteiger partial charge in [0.1, 0.15) is 0 Å². The van der Waals surface area contributed by atoms with Crippen LogP contribution in [-0.2, 0) is 0 Å². The maximum Gasteiger partial charge on any atom is 0.0707 e. The Morgan fingerprint density at radius 2 is 2.22 bits per heavy atom. The highest BCUT2D eigenvalue weighted by Crippen LogP contribution is 2.13. The third-order valence-corrected chi connectivity index (χ3v) is 1.95. The van der Waals surface area contributed by atoms with Gasteiger partial charge in [-0.25, -0.2) is 0 Å². The van der Waals surface area contributed by atoms with Crippen LogP contribution in [0.3, 0.4) is 0 Å². The van der Waals surface area contributed by atoms with Gasteiger partial charge in [0.25, 0.3) is 0 Å². The first-order valence-electron chi connectivity index (χ1n) is 3.63. The molecule has 0 spiro atoms. The largest absolute Gasteiger partial charge is 0.391 e. The van der Waals surface area contributed by atoms with Crippen LogP contribution in [0.15, 0.2) is 0 Å². The average molecular weight is 129 g/mol. The van der Waals surface area contributed by atoms with Crippen molar-refractivity contribution in [3.05, 3.63) is 0 Å². The van der Waals surface area contributed by atoms with Crippen LogP contribution in [0.25, 0.3) is 0 Å². The summed E-state index contributed by atoms with van der Waals surface area (Å²) < 4.78 is 0. The van der Waals surface area contributed by atoms with Crippen LogP contribution in [0.5, 0.6) is 0 Å². The third kappa shape index (κ3) is 1.43. The van der Waals surface area contributed by atoms with E-state index in [1.165, 1.54) is 0 Å². The van der Waals surface area contributed by atoms with Crippen LogP contribution in [0, 0.1) is 5.92 Å². The van der Waals surface area contributed by atoms with Crippen molar-refractivity contribution in [2.45, 2.75) is 32.4 Å². The van der Waals surface area contributed by atoms with Crippen molar-refractivity contribution in [2.75, 3.05) is 6.54 Å². The van der Waals surface area contributed by atoms with E-state index >= 15 is 0 Å². The summed E-state index contributed by atoms with van der Waals surface area (Å²) in [7, 11) is 0. The summed E-state index contributed by atoms with van der Waals surface area (Å²) in [4.78, 5) is 0. The molecule has 1 heterocycles. The van der Waals surface area contributed by atoms with Crippen molar-refractivity contribution < 1.29 is 5.11 Å². The Morgan fingerprint density at radius 3 is 2.44 bits per heavy atom. The molecule has 2 nitrogen and oxygen atoms in total. The van der Waals surface area contributed by atoms with E-state index in [2.05, 4.69) is 19.2 Å². The summed E-state index contributed by atoms with van der Waals surface area (Å²) in [5.41, 5.74) is 0. The molecule has 1 fully saturated rings. The molecule has 0 saturated carbocycles. The molecular weight excluding hydrogens is 114 g/mol. The van der Waals surface area contributed by atoms with Crippen LogP contribution in [0.2, 0.25) is 0 Å². The van der Waals surface area contributed by atoms with Gasteiger partial charge in [-0.15, -0.1) is 0 Å². The Balaban J connectivity index is 2.40. The molecule has 1 unspecified atom stereocenters. The quantitative estimate of drug-likeness (QED) is 0.536. The topological polar surface area (TPSA) is 32.3 Å². The first kappa shape index (κ1) is 7.03. The van der Waals surface area contributed by atoms with E-state index in [1.807, 2.05) is 0 Å². The summed E-state index contributed by atoms with van der Waals surface area (Å²) in [5, 5.41) is 12.6. The van der Waals surface area contributed by atoms with Crippen molar-refractivity contribution in [1.82, 2.24) is 5.32 Å². The maximum absolute atomic E-state index is 9.30. The lowest BCUT2D eigenvalue weighted by Gasteiger charge is -2.17. The molecule has 1 saturated heterocycles. The Morgan fingerprint density at radius 1 is 1.56 bits per heavy atom. The fourth-order valence-electron chi connectivity index (χ4n) is 1.39. The van der Waals surface area contributed by atoms with Crippen molar-refractivity contribution in [3.63, 3.8) is 0 Å². The number of hydrogen-bond donors (Lipinski definition) is 2. The van der Waals surface area contributed by atoms with Crippen LogP contribution >= 0.6 is 0 Å². The summed E-state index contributed by atoms with van der Waals surface area (Å²) in [6, 6.07) is 0.338. The molecular formula is C7H15NO. The van der Waals surface area contributed by atoms with Gasteiger partial charge in [-0.1, -0.05) is 13.8 Å². The van der Waals surface area contributed by atoms with E-state index in [1.54, 1.807) is 0 Å². The van der Waals surface area contributed by atoms with Crippen LogP contribution in [0.4, 0.5) is 0 Å². The first-order valence-corrected chi connectivity index (χ1v) is 3.63. The van der Waals surface area contributed by atoms with Crippen molar-refractivity contribution >= 4 is 0 Å². The summed E-state index contributed by atoms with van der Waals surface area (Å²) in [6.45, 7) is 5.24. The van der Waals surface area contributed by atoms with Crippen molar-refractivity contribution in [3.8, 4) is 0 Å². The molecule has 1 rings (SSSR count). The molecule has 0 amide bonds. The SMILES string of the molecule is CC(C)[C@@H]1NCCC1O. The Bertz CT molecular complexity index is 92.9. The van der Waals surface area contributed by atoms with Crippen LogP contribution < -0.4 is 5.32 Å². The lowest BCUT2D eigenvalue weighted by Crippen LogP contribution is -2.35. The molecule has 0 aliphatic carbocycles. The third-order valence-electron chi connectivity index (χ3n) is 1.95. The normalized spacial score (nSPS) is 36.0. The predicted octanol–water partition coefficient (Wildman–Crippen LogP) is 0.365. The van der Waals surface area contributed by atoms with E-state index in [0.29, 0.717) is 12.0 Å². The van der Waals surface area contributed by atoms with Gasteiger partial charge in [-0.2, -0.15) is 0 Å². The van der Waals surface area contributed by atoms with E-state index in [0.717, 1.165) is 13.0 Å². The minimum Gasteiger partial charge on any atom is -0.391 e. The molecule has 0 aromatic heterocycles. The zero-order valence-electron chi connectivity index (χ0n) is 6.09. The molecule has 0 aromatic carbocycles. The van der Waals surface area contributed by atoms with Gasteiger partial charge in [0.2, 0.25) is 0 Å². The fourth-order valence-corrected chi connectivity index (χ4v) is 1.39. The highest BCUT2D eigenvalue weighted by atomic mass is 16.3. The van der Waals surface area contributed by atoms with Gasteiger partial charge in [0, 0.05) is 6.04 Å². The van der Waals surface area contributed by atoms with Gasteiger partial charge < -0.3 is 10.4 Å². The summed E-state index contributed by atoms with van der Waals surface area (Å²) in [6.07, 6.45) is 0.813. The number of hydrogen-bond acceptors (Lipinski definition) is 2. The van der Waals surface area contributed by atoms with E-state index in [-0.39, 0.29) is 6.10 Å². The summed E-state index contributed by atoms with van der Waals surface area (Å²) in [5.74, 6) is 0.558. The number of aliphatic hydroxyl groups excluding tert-OH is 1. The molecule has 1 aliphatic rings. The van der Waals surface area contributed by atoms with E-state index in [4.69, 9.17) is 0 Å². The van der Waals surface area contributed by atoms with Gasteiger partial charge in [0.05, 0.1) is 6.10 Å². The number of nitrogens with one attached hydrogen (secondary N) is 1. The zero-order chi connectivity index (χ0) is 6.85. The summed E-state index contributed by atoms with van der Waals surface area (Å²) >= 11 is 0. The maximum atomic E-state index is 9.30. The molecule has 0 bridgehead atoms. The molecule has 9 heavy (non-hydrogen) atoms. The second-order valence-electron chi connectivity index (χ2n) is 3.08. The molecule has 0 aromatic rings. The molecule has 2 atom stereocenters. The monoisotopic (exact) mass is 129 g/mol. The van der Waals surface area contributed by atoms with Crippen LogP contribution in [0.1, 0.15) is 20.3 Å². The van der Waals surface area contributed by atoms with Crippen LogP contribution in [-0.4, -0.2) is 23.8 Å². The lowest BCUT2D eigenvalue weighted by molar-refractivity contribution is 0.139. The minimum atomic E-state index is -0.106. The first-order chi connectivity index (χ1) is 4.22. The lowest BCUT2D eigenvalue weighted by atomic mass is 10.0. The fraction of sp³-hybridized carbons (Fsp3) is 1.00. The molecule has 54 valence electrons. The minimum absolute atomic E-state index is 0.106. The van der Waals surface area contributed by atoms with Gasteiger partial charge in [-0.05, 0) is 18.9 Å². The number of rotatable bonds is 1. The second-order valence-corrected chi connectivity index (χ2v) is 3.08. The zero-order valence-corrected chi connectivity index (χ0v) is 6.09. The molecule has 2 heteroatoms. The van der Waals surface area contributed by atoms with Gasteiger partial charge in [0.15, 0.2) is 0 Å². The molecule has 2 N–H and O–H groups in total. The molecule has 0 radical (unpaired) electrons. The Labute approximate surface area is 56.3 Å². The van der Waals surface area contributed by atoms with Gasteiger partial charge in [-0.3, -0.25) is 0 Å². The van der Waals surface area contributed by atoms with Gasteiger partial charge >= 0.3 is 0 Å². The highest BCUT2D eigenvalue weighted by molar-refractivity contribution is 4.84. The smallest absolute Gasteiger partial charge is 0.0707 e. The average Bonchev–Trinajstić information content (AvgIpc) is 2.13. The standard InChI is InChI=1S/C7H15NO/c1-5(2)7-6(9)3-4-8-7/h5-9H,3-4H2,1-2H3/t6?,7-/m0/s1. The Hall–Kier alpha value is -0.0800. The van der Waals surface area contributed by atoms with Crippen molar-refractivity contribution in [2.24, 2.45) is 5.92 Å².